The fourth-order valence-electron chi connectivity index (χ4n) is 2.25. The maximum Gasteiger partial charge on any atom is 0.416 e. The summed E-state index contributed by atoms with van der Waals surface area (Å²) < 4.78 is 42.9. The van der Waals surface area contributed by atoms with Crippen molar-refractivity contribution in [3.05, 3.63) is 65.2 Å². The van der Waals surface area contributed by atoms with Crippen molar-refractivity contribution in [3.63, 3.8) is 0 Å². The van der Waals surface area contributed by atoms with Crippen molar-refractivity contribution < 1.29 is 27.8 Å². The third-order valence-corrected chi connectivity index (χ3v) is 3.55. The third kappa shape index (κ3) is 5.79. The molecule has 0 aliphatic heterocycles. The van der Waals surface area contributed by atoms with E-state index in [0.29, 0.717) is 25.4 Å². The Morgan fingerprint density at radius 1 is 1.16 bits per heavy atom. The van der Waals surface area contributed by atoms with Crippen LogP contribution < -0.4 is 4.74 Å². The number of ether oxygens (including phenoxy) is 1. The van der Waals surface area contributed by atoms with Crippen LogP contribution in [0, 0.1) is 0 Å². The van der Waals surface area contributed by atoms with Gasteiger partial charge in [0.25, 0.3) is 0 Å². The topological polar surface area (TPSA) is 49.8 Å². The molecular weight excluding hydrogens is 335 g/mol. The van der Waals surface area contributed by atoms with Crippen LogP contribution in [0.1, 0.15) is 21.5 Å². The lowest BCUT2D eigenvalue weighted by molar-refractivity contribution is -0.137. The van der Waals surface area contributed by atoms with Gasteiger partial charge in [-0.3, -0.25) is 4.90 Å². The first-order valence-corrected chi connectivity index (χ1v) is 7.56. The van der Waals surface area contributed by atoms with Crippen LogP contribution >= 0.6 is 0 Å². The van der Waals surface area contributed by atoms with Gasteiger partial charge in [0.15, 0.2) is 0 Å². The average molecular weight is 353 g/mol. The van der Waals surface area contributed by atoms with Crippen molar-refractivity contribution in [2.45, 2.75) is 12.7 Å². The zero-order chi connectivity index (χ0) is 18.4. The van der Waals surface area contributed by atoms with Crippen molar-refractivity contribution in [2.75, 3.05) is 20.2 Å². The van der Waals surface area contributed by atoms with Gasteiger partial charge in [0, 0.05) is 13.1 Å². The number of halogens is 3. The van der Waals surface area contributed by atoms with E-state index in [0.717, 1.165) is 17.7 Å². The molecule has 7 heteroatoms. The SMILES string of the molecule is CN(CCOc1ccc(C(F)(F)F)cc1)Cc1cccc(C(=O)O)c1. The van der Waals surface area contributed by atoms with E-state index >= 15 is 0 Å². The number of aromatic carboxylic acids is 1. The van der Waals surface area contributed by atoms with Gasteiger partial charge >= 0.3 is 12.1 Å². The summed E-state index contributed by atoms with van der Waals surface area (Å²) in [6, 6.07) is 11.2. The number of hydrogen-bond donors (Lipinski definition) is 1. The van der Waals surface area contributed by atoms with Crippen LogP contribution in [0.4, 0.5) is 13.2 Å². The third-order valence-electron chi connectivity index (χ3n) is 3.55. The Labute approximate surface area is 143 Å². The van der Waals surface area contributed by atoms with Gasteiger partial charge in [-0.25, -0.2) is 4.79 Å². The standard InChI is InChI=1S/C18H18F3NO3/c1-22(12-13-3-2-4-14(11-13)17(23)24)9-10-25-16-7-5-15(6-8-16)18(19,20)21/h2-8,11H,9-10,12H2,1H3,(H,23,24). The van der Waals surface area contributed by atoms with Gasteiger partial charge in [-0.2, -0.15) is 13.2 Å². The number of likely N-dealkylation sites (N-methyl/N-ethyl adjacent to an activating group) is 1. The van der Waals surface area contributed by atoms with E-state index in [9.17, 15) is 18.0 Å². The summed E-state index contributed by atoms with van der Waals surface area (Å²) in [6.45, 7) is 1.39. The highest BCUT2D eigenvalue weighted by Gasteiger charge is 2.29. The molecule has 134 valence electrons. The Morgan fingerprint density at radius 2 is 1.84 bits per heavy atom. The monoisotopic (exact) mass is 353 g/mol. The molecule has 0 aliphatic carbocycles. The molecule has 2 aromatic rings. The molecule has 0 spiro atoms. The maximum absolute atomic E-state index is 12.5. The van der Waals surface area contributed by atoms with Gasteiger partial charge in [-0.15, -0.1) is 0 Å². The van der Waals surface area contributed by atoms with Crippen LogP contribution in [-0.4, -0.2) is 36.2 Å². The Morgan fingerprint density at radius 3 is 2.44 bits per heavy atom. The van der Waals surface area contributed by atoms with Crippen molar-refractivity contribution in [3.8, 4) is 5.75 Å². The van der Waals surface area contributed by atoms with Gasteiger partial charge in [0.2, 0.25) is 0 Å². The van der Waals surface area contributed by atoms with Crippen molar-refractivity contribution >= 4 is 5.97 Å². The maximum atomic E-state index is 12.5. The van der Waals surface area contributed by atoms with Crippen LogP contribution in [0.15, 0.2) is 48.5 Å². The van der Waals surface area contributed by atoms with E-state index in [-0.39, 0.29) is 5.56 Å². The molecule has 0 unspecified atom stereocenters. The van der Waals surface area contributed by atoms with Crippen molar-refractivity contribution in [1.82, 2.24) is 4.90 Å². The molecule has 0 saturated heterocycles. The Bertz CT molecular complexity index is 714. The second-order valence-corrected chi connectivity index (χ2v) is 5.61. The minimum absolute atomic E-state index is 0.229. The predicted octanol–water partition coefficient (Wildman–Crippen LogP) is 3.91. The fourth-order valence-corrected chi connectivity index (χ4v) is 2.25. The number of alkyl halides is 3. The molecule has 0 fully saturated rings. The van der Waals surface area contributed by atoms with Crippen LogP contribution in [-0.2, 0) is 12.7 Å². The Balaban J connectivity index is 1.81. The lowest BCUT2D eigenvalue weighted by Crippen LogP contribution is -2.24. The molecule has 2 aromatic carbocycles. The van der Waals surface area contributed by atoms with Crippen LogP contribution in [0.25, 0.3) is 0 Å². The molecule has 0 bridgehead atoms. The number of nitrogens with zero attached hydrogens (tertiary/aromatic N) is 1. The molecule has 1 N–H and O–H groups in total. The second-order valence-electron chi connectivity index (χ2n) is 5.61. The molecule has 2 rings (SSSR count). The summed E-state index contributed by atoms with van der Waals surface area (Å²) in [5, 5.41) is 8.98. The van der Waals surface area contributed by atoms with E-state index in [1.807, 2.05) is 18.0 Å². The molecule has 25 heavy (non-hydrogen) atoms. The van der Waals surface area contributed by atoms with E-state index in [2.05, 4.69) is 0 Å². The van der Waals surface area contributed by atoms with Crippen molar-refractivity contribution in [2.24, 2.45) is 0 Å². The first-order chi connectivity index (χ1) is 11.8. The molecule has 0 aromatic heterocycles. The molecule has 0 atom stereocenters. The number of hydrogen-bond acceptors (Lipinski definition) is 3. The summed E-state index contributed by atoms with van der Waals surface area (Å²) in [5.74, 6) is -0.607. The molecular formula is C18H18F3NO3. The van der Waals surface area contributed by atoms with Gasteiger partial charge in [-0.05, 0) is 49.0 Å². The highest BCUT2D eigenvalue weighted by Crippen LogP contribution is 2.30. The van der Waals surface area contributed by atoms with Gasteiger partial charge in [-0.1, -0.05) is 12.1 Å². The minimum atomic E-state index is -4.36. The van der Waals surface area contributed by atoms with Gasteiger partial charge in [0.05, 0.1) is 11.1 Å². The molecule has 0 saturated carbocycles. The summed E-state index contributed by atoms with van der Waals surface area (Å²) >= 11 is 0. The molecule has 0 radical (unpaired) electrons. The fraction of sp³-hybridized carbons (Fsp3) is 0.278. The minimum Gasteiger partial charge on any atom is -0.492 e. The van der Waals surface area contributed by atoms with E-state index in [1.165, 1.54) is 18.2 Å². The lowest BCUT2D eigenvalue weighted by atomic mass is 10.1. The second kappa shape index (κ2) is 8.02. The van der Waals surface area contributed by atoms with Crippen molar-refractivity contribution in [1.29, 1.82) is 0 Å². The first kappa shape index (κ1) is 18.8. The summed E-state index contributed by atoms with van der Waals surface area (Å²) in [7, 11) is 1.85. The summed E-state index contributed by atoms with van der Waals surface area (Å²) in [4.78, 5) is 12.9. The van der Waals surface area contributed by atoms with Crippen LogP contribution in [0.3, 0.4) is 0 Å². The summed E-state index contributed by atoms with van der Waals surface area (Å²) in [5.41, 5.74) is 0.374. The summed E-state index contributed by atoms with van der Waals surface area (Å²) in [6.07, 6.45) is -4.36. The molecule has 4 nitrogen and oxygen atoms in total. The van der Waals surface area contributed by atoms with Gasteiger partial charge < -0.3 is 9.84 Å². The lowest BCUT2D eigenvalue weighted by Gasteiger charge is -2.17. The quantitative estimate of drug-likeness (QED) is 0.820. The smallest absolute Gasteiger partial charge is 0.416 e. The Kier molecular flexibility index (Phi) is 6.03. The van der Waals surface area contributed by atoms with Gasteiger partial charge in [0.1, 0.15) is 12.4 Å². The van der Waals surface area contributed by atoms with E-state index < -0.39 is 17.7 Å². The van der Waals surface area contributed by atoms with Crippen LogP contribution in [0.5, 0.6) is 5.75 Å². The molecule has 0 heterocycles. The van der Waals surface area contributed by atoms with E-state index in [1.54, 1.807) is 12.1 Å². The molecule has 0 amide bonds. The average Bonchev–Trinajstić information content (AvgIpc) is 2.54. The number of rotatable bonds is 7. The normalized spacial score (nSPS) is 11.6. The Hall–Kier alpha value is -2.54. The first-order valence-electron chi connectivity index (χ1n) is 7.56. The molecule has 0 aliphatic rings. The number of carboxylic acids is 1. The largest absolute Gasteiger partial charge is 0.492 e. The number of carboxylic acid groups (broad SMARTS) is 1. The van der Waals surface area contributed by atoms with E-state index in [4.69, 9.17) is 9.84 Å². The zero-order valence-corrected chi connectivity index (χ0v) is 13.6. The zero-order valence-electron chi connectivity index (χ0n) is 13.6. The highest BCUT2D eigenvalue weighted by molar-refractivity contribution is 5.87. The predicted molar refractivity (Wildman–Crippen MR) is 86.7 cm³/mol. The number of carbonyl (C=O) groups is 1. The number of benzene rings is 2. The van der Waals surface area contributed by atoms with Crippen LogP contribution in [0.2, 0.25) is 0 Å². The highest BCUT2D eigenvalue weighted by atomic mass is 19.4.